The number of hydrogen-bond donors (Lipinski definition) is 0. The van der Waals surface area contributed by atoms with Gasteiger partial charge >= 0.3 is 6.01 Å². The molecule has 0 aliphatic heterocycles. The first-order chi connectivity index (χ1) is 11.2. The van der Waals surface area contributed by atoms with Gasteiger partial charge in [0, 0.05) is 16.0 Å². The zero-order valence-electron chi connectivity index (χ0n) is 14.3. The van der Waals surface area contributed by atoms with Crippen molar-refractivity contribution in [2.75, 3.05) is 6.61 Å². The topological polar surface area (TPSA) is 57.0 Å². The van der Waals surface area contributed by atoms with Gasteiger partial charge in [-0.1, -0.05) is 57.3 Å². The second kappa shape index (κ2) is 7.53. The van der Waals surface area contributed by atoms with Crippen molar-refractivity contribution in [1.29, 1.82) is 0 Å². The molecule has 0 atom stereocenters. The predicted octanol–water partition coefficient (Wildman–Crippen LogP) is 5.12. The molecule has 0 N–H and O–H groups in total. The maximum atomic E-state index is 12.7. The van der Waals surface area contributed by atoms with Crippen LogP contribution in [0.15, 0.2) is 18.2 Å². The van der Waals surface area contributed by atoms with Gasteiger partial charge in [0.05, 0.1) is 11.6 Å². The van der Waals surface area contributed by atoms with Crippen LogP contribution in [-0.2, 0) is 0 Å². The Morgan fingerprint density at radius 2 is 2.00 bits per heavy atom. The van der Waals surface area contributed by atoms with Crippen LogP contribution in [0.2, 0.25) is 10.0 Å². The summed E-state index contributed by atoms with van der Waals surface area (Å²) >= 11 is 12.2. The third kappa shape index (κ3) is 4.28. The number of halogens is 2. The molecule has 0 aliphatic rings. The first kappa shape index (κ1) is 18.7. The lowest BCUT2D eigenvalue weighted by atomic mass is 9.95. The molecule has 1 aromatic carbocycles. The molecule has 0 spiro atoms. The Morgan fingerprint density at radius 1 is 1.29 bits per heavy atom. The quantitative estimate of drug-likeness (QED) is 0.686. The van der Waals surface area contributed by atoms with Gasteiger partial charge < -0.3 is 4.74 Å². The summed E-state index contributed by atoms with van der Waals surface area (Å²) in [6, 6.07) is 5.19. The molecule has 24 heavy (non-hydrogen) atoms. The number of ether oxygens (including phenoxy) is 1. The number of unbranched alkanes of at least 4 members (excludes halogenated alkanes) is 1. The second-order valence-corrected chi connectivity index (χ2v) is 7.35. The van der Waals surface area contributed by atoms with E-state index in [4.69, 9.17) is 27.9 Å². The molecule has 0 amide bonds. The monoisotopic (exact) mass is 369 g/mol. The van der Waals surface area contributed by atoms with Gasteiger partial charge in [-0.2, -0.15) is 9.67 Å². The van der Waals surface area contributed by atoms with E-state index in [1.165, 1.54) is 4.68 Å². The molecule has 0 radical (unpaired) electrons. The number of rotatable bonds is 5. The third-order valence-electron chi connectivity index (χ3n) is 3.32. The molecule has 1 heterocycles. The molecular formula is C17H21Cl2N3O2. The highest BCUT2D eigenvalue weighted by atomic mass is 35.5. The fourth-order valence-corrected chi connectivity index (χ4v) is 2.46. The fraction of sp³-hybridized carbons (Fsp3) is 0.471. The Morgan fingerprint density at radius 3 is 2.58 bits per heavy atom. The van der Waals surface area contributed by atoms with Crippen LogP contribution in [-0.4, -0.2) is 27.3 Å². The van der Waals surface area contributed by atoms with Crippen LogP contribution in [0.4, 0.5) is 0 Å². The summed E-state index contributed by atoms with van der Waals surface area (Å²) in [5.41, 5.74) is -0.0429. The number of aromatic nitrogens is 3. The molecule has 2 aromatic rings. The number of carbonyl (C=O) groups excluding carboxylic acids is 1. The van der Waals surface area contributed by atoms with Crippen molar-refractivity contribution in [2.45, 2.75) is 40.5 Å². The minimum absolute atomic E-state index is 0.169. The van der Waals surface area contributed by atoms with Crippen LogP contribution in [0.25, 0.3) is 11.4 Å². The second-order valence-electron chi connectivity index (χ2n) is 6.51. The number of benzene rings is 1. The zero-order valence-corrected chi connectivity index (χ0v) is 15.8. The number of hydrogen-bond acceptors (Lipinski definition) is 4. The summed E-state index contributed by atoms with van der Waals surface area (Å²) in [7, 11) is 0. The minimum Gasteiger partial charge on any atom is -0.462 e. The molecule has 0 bridgehead atoms. The van der Waals surface area contributed by atoms with Gasteiger partial charge in [-0.15, -0.1) is 5.10 Å². The van der Waals surface area contributed by atoms with Gasteiger partial charge in [0.1, 0.15) is 0 Å². The van der Waals surface area contributed by atoms with Gasteiger partial charge in [0.2, 0.25) is 0 Å². The molecule has 0 fully saturated rings. The van der Waals surface area contributed by atoms with E-state index < -0.39 is 5.41 Å². The Kier molecular flexibility index (Phi) is 5.88. The predicted molar refractivity (Wildman–Crippen MR) is 96.0 cm³/mol. The lowest BCUT2D eigenvalue weighted by molar-refractivity contribution is 0.0748. The molecule has 1 aromatic heterocycles. The smallest absolute Gasteiger partial charge is 0.336 e. The number of carbonyl (C=O) groups is 1. The fourth-order valence-electron chi connectivity index (χ4n) is 1.97. The highest BCUT2D eigenvalue weighted by Gasteiger charge is 2.29. The molecule has 0 unspecified atom stereocenters. The van der Waals surface area contributed by atoms with Crippen LogP contribution >= 0.6 is 23.2 Å². The average Bonchev–Trinajstić information content (AvgIpc) is 2.89. The van der Waals surface area contributed by atoms with E-state index in [-0.39, 0.29) is 11.9 Å². The van der Waals surface area contributed by atoms with Gasteiger partial charge in [-0.3, -0.25) is 4.79 Å². The zero-order chi connectivity index (χ0) is 17.9. The van der Waals surface area contributed by atoms with Crippen LogP contribution in [0.5, 0.6) is 6.01 Å². The molecule has 0 saturated carbocycles. The minimum atomic E-state index is -0.623. The van der Waals surface area contributed by atoms with Gasteiger partial charge in [0.15, 0.2) is 5.82 Å². The summed E-state index contributed by atoms with van der Waals surface area (Å²) in [5, 5.41) is 5.14. The lowest BCUT2D eigenvalue weighted by Gasteiger charge is -2.17. The Labute approximate surface area is 151 Å². The first-order valence-electron chi connectivity index (χ1n) is 7.84. The third-order valence-corrected chi connectivity index (χ3v) is 3.87. The van der Waals surface area contributed by atoms with E-state index >= 15 is 0 Å². The van der Waals surface area contributed by atoms with Crippen molar-refractivity contribution in [3.05, 3.63) is 28.2 Å². The van der Waals surface area contributed by atoms with E-state index in [1.807, 2.05) is 20.8 Å². The lowest BCUT2D eigenvalue weighted by Crippen LogP contribution is -2.28. The van der Waals surface area contributed by atoms with Crippen LogP contribution < -0.4 is 4.74 Å². The molecule has 2 rings (SSSR count). The standard InChI is InChI=1S/C17H21Cl2N3O2/c1-5-6-9-24-16-20-14(12-8-7-11(18)10-13(12)19)22(21-16)15(23)17(2,3)4/h7-8,10H,5-6,9H2,1-4H3. The Bertz CT molecular complexity index is 736. The van der Waals surface area contributed by atoms with Crippen molar-refractivity contribution in [3.8, 4) is 17.4 Å². The molecule has 0 aliphatic carbocycles. The Balaban J connectivity index is 2.49. The molecular weight excluding hydrogens is 349 g/mol. The van der Waals surface area contributed by atoms with E-state index in [0.717, 1.165) is 12.8 Å². The van der Waals surface area contributed by atoms with E-state index in [2.05, 4.69) is 17.0 Å². The molecule has 0 saturated heterocycles. The van der Waals surface area contributed by atoms with Crippen LogP contribution in [0, 0.1) is 5.41 Å². The van der Waals surface area contributed by atoms with Gasteiger partial charge in [-0.25, -0.2) is 0 Å². The van der Waals surface area contributed by atoms with Crippen molar-refractivity contribution >= 4 is 29.1 Å². The average molecular weight is 370 g/mol. The van der Waals surface area contributed by atoms with Gasteiger partial charge in [-0.05, 0) is 24.6 Å². The molecule has 130 valence electrons. The molecule has 7 heteroatoms. The summed E-state index contributed by atoms with van der Waals surface area (Å²) in [4.78, 5) is 17.1. The largest absolute Gasteiger partial charge is 0.462 e. The van der Waals surface area contributed by atoms with E-state index in [1.54, 1.807) is 18.2 Å². The van der Waals surface area contributed by atoms with Crippen molar-refractivity contribution in [3.63, 3.8) is 0 Å². The van der Waals surface area contributed by atoms with E-state index in [0.29, 0.717) is 28.0 Å². The summed E-state index contributed by atoms with van der Waals surface area (Å²) < 4.78 is 6.81. The van der Waals surface area contributed by atoms with E-state index in [9.17, 15) is 4.79 Å². The van der Waals surface area contributed by atoms with Crippen molar-refractivity contribution in [2.24, 2.45) is 5.41 Å². The van der Waals surface area contributed by atoms with Crippen molar-refractivity contribution in [1.82, 2.24) is 14.8 Å². The summed E-state index contributed by atoms with van der Waals surface area (Å²) in [6.07, 6.45) is 1.89. The highest BCUT2D eigenvalue weighted by molar-refractivity contribution is 6.36. The summed E-state index contributed by atoms with van der Waals surface area (Å²) in [6.45, 7) is 8.03. The van der Waals surface area contributed by atoms with Crippen molar-refractivity contribution < 1.29 is 9.53 Å². The van der Waals surface area contributed by atoms with Gasteiger partial charge in [0.25, 0.3) is 5.91 Å². The van der Waals surface area contributed by atoms with Crippen LogP contribution in [0.1, 0.15) is 45.3 Å². The maximum absolute atomic E-state index is 12.7. The highest BCUT2D eigenvalue weighted by Crippen LogP contribution is 2.31. The maximum Gasteiger partial charge on any atom is 0.336 e. The number of nitrogens with zero attached hydrogens (tertiary/aromatic N) is 3. The summed E-state index contributed by atoms with van der Waals surface area (Å²) in [5.74, 6) is 0.157. The van der Waals surface area contributed by atoms with Crippen LogP contribution in [0.3, 0.4) is 0 Å². The normalized spacial score (nSPS) is 11.6. The SMILES string of the molecule is CCCCOc1nc(-c2ccc(Cl)cc2Cl)n(C(=O)C(C)(C)C)n1. The molecule has 5 nitrogen and oxygen atoms in total. The Hall–Kier alpha value is -1.59. The first-order valence-corrected chi connectivity index (χ1v) is 8.59.